The largest absolute Gasteiger partial charge is 0.413 e. The summed E-state index contributed by atoms with van der Waals surface area (Å²) in [7, 11) is 1.71. The molecular formula is C19H16FN7O2. The molecule has 4 aromatic rings. The predicted octanol–water partition coefficient (Wildman–Crippen LogP) is 3.04. The molecule has 0 fully saturated rings. The van der Waals surface area contributed by atoms with Gasteiger partial charge in [0, 0.05) is 18.6 Å². The molecule has 0 atom stereocenters. The molecule has 0 saturated carbocycles. The molecule has 9 nitrogen and oxygen atoms in total. The van der Waals surface area contributed by atoms with Crippen LogP contribution in [0.15, 0.2) is 30.6 Å². The second kappa shape index (κ2) is 6.56. The smallest absolute Gasteiger partial charge is 0.406 e. The lowest BCUT2D eigenvalue weighted by Gasteiger charge is -2.16. The van der Waals surface area contributed by atoms with Gasteiger partial charge >= 0.3 is 6.09 Å². The van der Waals surface area contributed by atoms with Gasteiger partial charge in [-0.05, 0) is 32.0 Å². The van der Waals surface area contributed by atoms with E-state index in [1.54, 1.807) is 31.6 Å². The van der Waals surface area contributed by atoms with Crippen LogP contribution in [0.5, 0.6) is 5.75 Å². The van der Waals surface area contributed by atoms with Crippen LogP contribution in [-0.4, -0.2) is 36.4 Å². The minimum absolute atomic E-state index is 0.159. The second-order valence-electron chi connectivity index (χ2n) is 6.99. The van der Waals surface area contributed by atoms with E-state index < -0.39 is 11.6 Å². The Labute approximate surface area is 164 Å². The van der Waals surface area contributed by atoms with E-state index >= 15 is 0 Å². The van der Waals surface area contributed by atoms with Crippen molar-refractivity contribution >= 4 is 28.2 Å². The summed E-state index contributed by atoms with van der Waals surface area (Å²) in [4.78, 5) is 23.8. The van der Waals surface area contributed by atoms with Crippen LogP contribution in [0, 0.1) is 17.1 Å². The number of halogens is 1. The molecule has 3 heterocycles. The molecule has 146 valence electrons. The van der Waals surface area contributed by atoms with Crippen LogP contribution in [0.25, 0.3) is 33.5 Å². The molecule has 1 aromatic carbocycles. The molecule has 29 heavy (non-hydrogen) atoms. The highest BCUT2D eigenvalue weighted by Crippen LogP contribution is 2.29. The van der Waals surface area contributed by atoms with Gasteiger partial charge in [-0.25, -0.2) is 19.2 Å². The zero-order valence-electron chi connectivity index (χ0n) is 15.8. The monoisotopic (exact) mass is 393 g/mol. The predicted molar refractivity (Wildman–Crippen MR) is 102 cm³/mol. The molecule has 0 radical (unpaired) electrons. The molecule has 0 unspecified atom stereocenters. The average Bonchev–Trinajstić information content (AvgIpc) is 3.22. The van der Waals surface area contributed by atoms with Gasteiger partial charge in [-0.1, -0.05) is 0 Å². The highest BCUT2D eigenvalue weighted by atomic mass is 19.1. The van der Waals surface area contributed by atoms with Gasteiger partial charge in [0.1, 0.15) is 22.7 Å². The van der Waals surface area contributed by atoms with E-state index in [0.717, 1.165) is 0 Å². The molecule has 0 aliphatic carbocycles. The van der Waals surface area contributed by atoms with Gasteiger partial charge in [-0.2, -0.15) is 10.4 Å². The Hall–Kier alpha value is -4.00. The summed E-state index contributed by atoms with van der Waals surface area (Å²) >= 11 is 0. The van der Waals surface area contributed by atoms with Crippen molar-refractivity contribution in [1.82, 2.24) is 30.0 Å². The fraction of sp³-hybridized carbons (Fsp3) is 0.211. The highest BCUT2D eigenvalue weighted by Gasteiger charge is 2.22. The molecule has 2 N–H and O–H groups in total. The number of benzene rings is 1. The highest BCUT2D eigenvalue weighted by molar-refractivity contribution is 5.93. The van der Waals surface area contributed by atoms with Gasteiger partial charge in [0.2, 0.25) is 0 Å². The number of H-pyrrole nitrogens is 1. The van der Waals surface area contributed by atoms with E-state index in [-0.39, 0.29) is 11.6 Å². The molecule has 0 aliphatic heterocycles. The summed E-state index contributed by atoms with van der Waals surface area (Å²) in [5.41, 5.74) is 1.25. The summed E-state index contributed by atoms with van der Waals surface area (Å²) in [6.45, 7) is 3.10. The zero-order chi connectivity index (χ0) is 20.8. The van der Waals surface area contributed by atoms with E-state index in [1.807, 2.05) is 6.07 Å². The first kappa shape index (κ1) is 18.4. The summed E-state index contributed by atoms with van der Waals surface area (Å²) in [5.74, 6) is -0.201. The van der Waals surface area contributed by atoms with Gasteiger partial charge in [0.25, 0.3) is 0 Å². The van der Waals surface area contributed by atoms with Gasteiger partial charge in [0.05, 0.1) is 17.8 Å². The van der Waals surface area contributed by atoms with E-state index in [0.29, 0.717) is 33.5 Å². The fourth-order valence-electron chi connectivity index (χ4n) is 2.89. The molecular weight excluding hydrogens is 377 g/mol. The lowest BCUT2D eigenvalue weighted by Crippen LogP contribution is -2.43. The van der Waals surface area contributed by atoms with Crippen molar-refractivity contribution in [3.8, 4) is 23.2 Å². The minimum atomic E-state index is -1.08. The number of carbonyl (C=O) groups is 1. The van der Waals surface area contributed by atoms with E-state index in [9.17, 15) is 9.18 Å². The number of aromatic amines is 1. The Morgan fingerprint density at radius 3 is 2.97 bits per heavy atom. The van der Waals surface area contributed by atoms with E-state index in [2.05, 4.69) is 25.4 Å². The number of amides is 1. The number of nitriles is 1. The van der Waals surface area contributed by atoms with Crippen molar-refractivity contribution in [2.45, 2.75) is 19.4 Å². The van der Waals surface area contributed by atoms with Gasteiger partial charge in [0.15, 0.2) is 16.9 Å². The molecule has 0 aliphatic rings. The average molecular weight is 393 g/mol. The number of hydrogen-bond donors (Lipinski definition) is 2. The first-order valence-corrected chi connectivity index (χ1v) is 8.65. The molecule has 4 rings (SSSR count). The number of fused-ring (bicyclic) bond motifs is 2. The van der Waals surface area contributed by atoms with Crippen molar-refractivity contribution in [3.63, 3.8) is 0 Å². The molecule has 0 spiro atoms. The Morgan fingerprint density at radius 2 is 2.21 bits per heavy atom. The maximum absolute atomic E-state index is 13.6. The second-order valence-corrected chi connectivity index (χ2v) is 6.99. The van der Waals surface area contributed by atoms with Crippen molar-refractivity contribution in [3.05, 3.63) is 36.4 Å². The summed E-state index contributed by atoms with van der Waals surface area (Å²) in [5, 5.41) is 16.6. The van der Waals surface area contributed by atoms with Crippen LogP contribution in [0.1, 0.15) is 13.8 Å². The molecule has 1 amide bonds. The van der Waals surface area contributed by atoms with E-state index in [1.165, 1.54) is 24.5 Å². The number of nitrogens with zero attached hydrogens (tertiary/aromatic N) is 5. The standard InChI is InChI=1S/C19H16FN7O2/c1-19(2,9-21)25-18(28)29-14-8-23-17-16(14)24-12(7-22-17)15-11-5-4-10(20)6-13(11)27(3)26-15/h4-8H,1-3H3,(H,22,23)(H,25,28). The van der Waals surface area contributed by atoms with Gasteiger partial charge in [-0.15, -0.1) is 0 Å². The van der Waals surface area contributed by atoms with Crippen LogP contribution < -0.4 is 10.1 Å². The van der Waals surface area contributed by atoms with Crippen LogP contribution in [0.2, 0.25) is 0 Å². The zero-order valence-corrected chi connectivity index (χ0v) is 15.8. The molecule has 0 bridgehead atoms. The van der Waals surface area contributed by atoms with Crippen LogP contribution >= 0.6 is 0 Å². The first-order chi connectivity index (χ1) is 13.8. The first-order valence-electron chi connectivity index (χ1n) is 8.65. The Kier molecular flexibility index (Phi) is 4.15. The van der Waals surface area contributed by atoms with Crippen molar-refractivity contribution < 1.29 is 13.9 Å². The minimum Gasteiger partial charge on any atom is -0.406 e. The summed E-state index contributed by atoms with van der Waals surface area (Å²) in [6.07, 6.45) is 2.20. The molecule has 0 saturated heterocycles. The number of nitrogens with one attached hydrogen (secondary N) is 2. The van der Waals surface area contributed by atoms with Crippen molar-refractivity contribution in [1.29, 1.82) is 5.26 Å². The number of rotatable bonds is 3. The summed E-state index contributed by atoms with van der Waals surface area (Å²) in [6, 6.07) is 6.33. The van der Waals surface area contributed by atoms with Crippen molar-refractivity contribution in [2.24, 2.45) is 7.05 Å². The third-order valence-electron chi connectivity index (χ3n) is 4.30. The number of carbonyl (C=O) groups excluding carboxylic acids is 1. The fourth-order valence-corrected chi connectivity index (χ4v) is 2.89. The van der Waals surface area contributed by atoms with Crippen molar-refractivity contribution in [2.75, 3.05) is 0 Å². The van der Waals surface area contributed by atoms with Gasteiger partial charge in [-0.3, -0.25) is 4.68 Å². The lowest BCUT2D eigenvalue weighted by atomic mass is 10.1. The van der Waals surface area contributed by atoms with Gasteiger partial charge < -0.3 is 15.0 Å². The third-order valence-corrected chi connectivity index (χ3v) is 4.30. The quantitative estimate of drug-likeness (QED) is 0.552. The number of aryl methyl sites for hydroxylation is 1. The van der Waals surface area contributed by atoms with Crippen LogP contribution in [0.3, 0.4) is 0 Å². The summed E-state index contributed by atoms with van der Waals surface area (Å²) < 4.78 is 20.4. The maximum Gasteiger partial charge on any atom is 0.413 e. The SMILES string of the molecule is Cn1nc(-c2cnc3[nH]cc(OC(=O)NC(C)(C)C#N)c3n2)c2ccc(F)cc21. The Bertz CT molecular complexity index is 1300. The van der Waals surface area contributed by atoms with Crippen LogP contribution in [-0.2, 0) is 7.05 Å². The van der Waals surface area contributed by atoms with Crippen LogP contribution in [0.4, 0.5) is 9.18 Å². The lowest BCUT2D eigenvalue weighted by molar-refractivity contribution is 0.194. The molecule has 10 heteroatoms. The van der Waals surface area contributed by atoms with E-state index in [4.69, 9.17) is 10.00 Å². The maximum atomic E-state index is 13.6. The Morgan fingerprint density at radius 1 is 1.41 bits per heavy atom. The molecule has 3 aromatic heterocycles. The number of hydrogen-bond acceptors (Lipinski definition) is 6. The number of ether oxygens (including phenoxy) is 1. The third kappa shape index (κ3) is 3.34. The topological polar surface area (TPSA) is 122 Å². The Balaban J connectivity index is 1.73. The number of aromatic nitrogens is 5. The normalized spacial score (nSPS) is 11.6.